The molecular weight excluding hydrogens is 354 g/mol. The van der Waals surface area contributed by atoms with Crippen LogP contribution < -0.4 is 9.47 Å². The zero-order chi connectivity index (χ0) is 17.9. The third-order valence-corrected chi connectivity index (χ3v) is 4.47. The van der Waals surface area contributed by atoms with Crippen molar-refractivity contribution < 1.29 is 14.0 Å². The fourth-order valence-electron chi connectivity index (χ4n) is 2.80. The normalized spacial score (nSPS) is 12.7. The molecule has 3 aromatic rings. The van der Waals surface area contributed by atoms with Crippen molar-refractivity contribution in [3.63, 3.8) is 0 Å². The quantitative estimate of drug-likeness (QED) is 0.649. The van der Waals surface area contributed by atoms with Gasteiger partial charge < -0.3 is 14.0 Å². The van der Waals surface area contributed by atoms with E-state index < -0.39 is 0 Å². The van der Waals surface area contributed by atoms with Crippen LogP contribution >= 0.6 is 11.6 Å². The van der Waals surface area contributed by atoms with Crippen LogP contribution in [0.15, 0.2) is 47.0 Å². The Balaban J connectivity index is 1.44. The van der Waals surface area contributed by atoms with E-state index >= 15 is 0 Å². The van der Waals surface area contributed by atoms with Gasteiger partial charge in [-0.3, -0.25) is 4.90 Å². The first-order valence-electron chi connectivity index (χ1n) is 8.40. The molecular formula is C19H18ClN3O3. The van der Waals surface area contributed by atoms with Crippen LogP contribution in [-0.4, -0.2) is 28.4 Å². The molecule has 6 nitrogen and oxygen atoms in total. The molecule has 0 unspecified atom stereocenters. The van der Waals surface area contributed by atoms with Crippen LogP contribution in [-0.2, 0) is 13.1 Å². The first-order valence-corrected chi connectivity index (χ1v) is 8.78. The smallest absolute Gasteiger partial charge is 0.241 e. The Labute approximate surface area is 156 Å². The SMILES string of the molecule is CCN(Cc1ccc2c(c1)OCO2)Cc1nc(-c2ccc(Cl)cc2)no1. The van der Waals surface area contributed by atoms with Gasteiger partial charge in [-0.2, -0.15) is 4.98 Å². The van der Waals surface area contributed by atoms with E-state index in [4.69, 9.17) is 25.6 Å². The third kappa shape index (κ3) is 3.66. The Morgan fingerprint density at radius 1 is 1.04 bits per heavy atom. The van der Waals surface area contributed by atoms with Crippen molar-refractivity contribution in [1.82, 2.24) is 15.0 Å². The average molecular weight is 372 g/mol. The number of hydrogen-bond donors (Lipinski definition) is 0. The molecule has 2 heterocycles. The lowest BCUT2D eigenvalue weighted by molar-refractivity contribution is 0.174. The molecule has 0 saturated carbocycles. The van der Waals surface area contributed by atoms with E-state index in [2.05, 4.69) is 22.0 Å². The van der Waals surface area contributed by atoms with E-state index in [-0.39, 0.29) is 6.79 Å². The number of aromatic nitrogens is 2. The maximum absolute atomic E-state index is 5.92. The van der Waals surface area contributed by atoms with Crippen LogP contribution in [0.5, 0.6) is 11.5 Å². The van der Waals surface area contributed by atoms with E-state index in [1.165, 1.54) is 0 Å². The molecule has 2 aromatic carbocycles. The Kier molecular flexibility index (Phi) is 4.77. The zero-order valence-electron chi connectivity index (χ0n) is 14.3. The summed E-state index contributed by atoms with van der Waals surface area (Å²) in [6, 6.07) is 13.4. The molecule has 0 amide bonds. The van der Waals surface area contributed by atoms with Crippen LogP contribution in [0.4, 0.5) is 0 Å². The van der Waals surface area contributed by atoms with E-state index in [0.29, 0.717) is 23.3 Å². The Bertz CT molecular complexity index is 895. The largest absolute Gasteiger partial charge is 0.454 e. The highest BCUT2D eigenvalue weighted by molar-refractivity contribution is 6.30. The van der Waals surface area contributed by atoms with Gasteiger partial charge in [0.15, 0.2) is 11.5 Å². The predicted octanol–water partition coefficient (Wildman–Crippen LogP) is 4.14. The van der Waals surface area contributed by atoms with Crippen LogP contribution in [0.2, 0.25) is 5.02 Å². The Hall–Kier alpha value is -2.57. The second kappa shape index (κ2) is 7.35. The Morgan fingerprint density at radius 3 is 2.65 bits per heavy atom. The molecule has 0 aliphatic carbocycles. The number of hydrogen-bond acceptors (Lipinski definition) is 6. The van der Waals surface area contributed by atoms with Gasteiger partial charge in [0.1, 0.15) is 0 Å². The fourth-order valence-corrected chi connectivity index (χ4v) is 2.93. The molecule has 0 fully saturated rings. The predicted molar refractivity (Wildman–Crippen MR) is 97.1 cm³/mol. The number of fused-ring (bicyclic) bond motifs is 1. The van der Waals surface area contributed by atoms with Crippen molar-refractivity contribution >= 4 is 11.6 Å². The lowest BCUT2D eigenvalue weighted by Gasteiger charge is -2.18. The molecule has 0 N–H and O–H groups in total. The number of ether oxygens (including phenoxy) is 2. The minimum Gasteiger partial charge on any atom is -0.454 e. The van der Waals surface area contributed by atoms with E-state index in [9.17, 15) is 0 Å². The van der Waals surface area contributed by atoms with Gasteiger partial charge in [-0.15, -0.1) is 0 Å². The molecule has 7 heteroatoms. The van der Waals surface area contributed by atoms with Gasteiger partial charge in [0.05, 0.1) is 6.54 Å². The molecule has 1 aliphatic rings. The average Bonchev–Trinajstić information content (AvgIpc) is 3.30. The standard InChI is InChI=1S/C19H18ClN3O3/c1-2-23(10-13-3-8-16-17(9-13)25-12-24-16)11-18-21-19(22-26-18)14-4-6-15(20)7-5-14/h3-9H,2,10-12H2,1H3. The summed E-state index contributed by atoms with van der Waals surface area (Å²) in [4.78, 5) is 6.71. The van der Waals surface area contributed by atoms with Gasteiger partial charge in [-0.05, 0) is 48.5 Å². The van der Waals surface area contributed by atoms with Crippen molar-refractivity contribution in [3.8, 4) is 22.9 Å². The summed E-state index contributed by atoms with van der Waals surface area (Å²) in [5.74, 6) is 2.73. The van der Waals surface area contributed by atoms with E-state index in [0.717, 1.165) is 35.7 Å². The van der Waals surface area contributed by atoms with Crippen molar-refractivity contribution in [2.24, 2.45) is 0 Å². The van der Waals surface area contributed by atoms with E-state index in [1.807, 2.05) is 42.5 Å². The monoisotopic (exact) mass is 371 g/mol. The zero-order valence-corrected chi connectivity index (χ0v) is 15.1. The summed E-state index contributed by atoms with van der Waals surface area (Å²) in [5.41, 5.74) is 2.02. The molecule has 26 heavy (non-hydrogen) atoms. The molecule has 4 rings (SSSR count). The Morgan fingerprint density at radius 2 is 1.85 bits per heavy atom. The minimum absolute atomic E-state index is 0.283. The van der Waals surface area contributed by atoms with Crippen molar-refractivity contribution in [1.29, 1.82) is 0 Å². The molecule has 0 radical (unpaired) electrons. The van der Waals surface area contributed by atoms with Gasteiger partial charge in [0.2, 0.25) is 18.5 Å². The highest BCUT2D eigenvalue weighted by atomic mass is 35.5. The highest BCUT2D eigenvalue weighted by Crippen LogP contribution is 2.32. The first-order chi connectivity index (χ1) is 12.7. The minimum atomic E-state index is 0.283. The number of halogens is 1. The number of rotatable bonds is 6. The summed E-state index contributed by atoms with van der Waals surface area (Å²) in [7, 11) is 0. The summed E-state index contributed by atoms with van der Waals surface area (Å²) in [5, 5.41) is 4.74. The van der Waals surface area contributed by atoms with Crippen molar-refractivity contribution in [3.05, 3.63) is 58.9 Å². The van der Waals surface area contributed by atoms with Gasteiger partial charge >= 0.3 is 0 Å². The van der Waals surface area contributed by atoms with Gasteiger partial charge in [-0.1, -0.05) is 29.7 Å². The summed E-state index contributed by atoms with van der Waals surface area (Å²) >= 11 is 5.92. The third-order valence-electron chi connectivity index (χ3n) is 4.22. The van der Waals surface area contributed by atoms with Crippen LogP contribution in [0.25, 0.3) is 11.4 Å². The van der Waals surface area contributed by atoms with Crippen LogP contribution in [0.1, 0.15) is 18.4 Å². The summed E-state index contributed by atoms with van der Waals surface area (Å²) < 4.78 is 16.2. The molecule has 0 spiro atoms. The van der Waals surface area contributed by atoms with Crippen LogP contribution in [0, 0.1) is 0 Å². The summed E-state index contributed by atoms with van der Waals surface area (Å²) in [6.45, 7) is 4.57. The second-order valence-electron chi connectivity index (χ2n) is 6.01. The number of nitrogens with zero attached hydrogens (tertiary/aromatic N) is 3. The topological polar surface area (TPSA) is 60.6 Å². The van der Waals surface area contributed by atoms with Crippen LogP contribution in [0.3, 0.4) is 0 Å². The number of benzene rings is 2. The molecule has 1 aliphatic heterocycles. The highest BCUT2D eigenvalue weighted by Gasteiger charge is 2.16. The van der Waals surface area contributed by atoms with Crippen molar-refractivity contribution in [2.75, 3.05) is 13.3 Å². The fraction of sp³-hybridized carbons (Fsp3) is 0.263. The lowest BCUT2D eigenvalue weighted by atomic mass is 10.2. The second-order valence-corrected chi connectivity index (χ2v) is 6.45. The molecule has 1 aromatic heterocycles. The van der Waals surface area contributed by atoms with E-state index in [1.54, 1.807) is 0 Å². The molecule has 134 valence electrons. The summed E-state index contributed by atoms with van der Waals surface area (Å²) in [6.07, 6.45) is 0. The van der Waals surface area contributed by atoms with Gasteiger partial charge in [0.25, 0.3) is 0 Å². The van der Waals surface area contributed by atoms with Gasteiger partial charge in [0, 0.05) is 17.1 Å². The molecule has 0 bridgehead atoms. The van der Waals surface area contributed by atoms with Gasteiger partial charge in [-0.25, -0.2) is 0 Å². The first kappa shape index (κ1) is 16.9. The maximum atomic E-state index is 5.92. The molecule has 0 saturated heterocycles. The molecule has 0 atom stereocenters. The maximum Gasteiger partial charge on any atom is 0.241 e. The van der Waals surface area contributed by atoms with Crippen molar-refractivity contribution in [2.45, 2.75) is 20.0 Å². The lowest BCUT2D eigenvalue weighted by Crippen LogP contribution is -2.22.